The Hall–Kier alpha value is -1.70. The minimum absolute atomic E-state index is 0.0716. The van der Waals surface area contributed by atoms with Crippen molar-refractivity contribution < 1.29 is 9.18 Å². The molecule has 152 valence electrons. The Balaban J connectivity index is 1.41. The number of H-pyrrole nitrogens is 1. The molecule has 2 N–H and O–H groups in total. The van der Waals surface area contributed by atoms with Crippen LogP contribution in [0.15, 0.2) is 12.1 Å². The van der Waals surface area contributed by atoms with Crippen LogP contribution in [0.3, 0.4) is 0 Å². The van der Waals surface area contributed by atoms with E-state index in [1.807, 2.05) is 20.8 Å². The van der Waals surface area contributed by atoms with Crippen molar-refractivity contribution in [3.05, 3.63) is 28.8 Å². The molecule has 1 aromatic heterocycles. The molecule has 3 atom stereocenters. The minimum Gasteiger partial charge on any atom is -0.350 e. The lowest BCUT2D eigenvalue weighted by Gasteiger charge is -2.57. The van der Waals surface area contributed by atoms with E-state index in [2.05, 4.69) is 32.0 Å². The number of aromatic amines is 1. The first-order valence-corrected chi connectivity index (χ1v) is 10.1. The Kier molecular flexibility index (Phi) is 4.88. The predicted octanol–water partition coefficient (Wildman–Crippen LogP) is 3.09. The molecule has 3 unspecified atom stereocenters. The summed E-state index contributed by atoms with van der Waals surface area (Å²) in [4.78, 5) is 24.8. The van der Waals surface area contributed by atoms with Crippen LogP contribution in [0.2, 0.25) is 5.02 Å². The molecule has 6 nitrogen and oxygen atoms in total. The molecule has 8 heteroatoms. The van der Waals surface area contributed by atoms with E-state index in [1.54, 1.807) is 0 Å². The number of hydrogen-bond donors (Lipinski definition) is 2. The molecule has 28 heavy (non-hydrogen) atoms. The maximum absolute atomic E-state index is 13.6. The van der Waals surface area contributed by atoms with Gasteiger partial charge in [0.2, 0.25) is 5.91 Å². The summed E-state index contributed by atoms with van der Waals surface area (Å²) >= 11 is 6.13. The average Bonchev–Trinajstić information content (AvgIpc) is 3.02. The van der Waals surface area contributed by atoms with Gasteiger partial charge in [-0.15, -0.1) is 0 Å². The van der Waals surface area contributed by atoms with Crippen LogP contribution in [0.1, 0.15) is 46.0 Å². The van der Waals surface area contributed by atoms with E-state index >= 15 is 0 Å². The van der Waals surface area contributed by atoms with Gasteiger partial charge in [0.05, 0.1) is 23.1 Å². The number of piperazine rings is 1. The minimum atomic E-state index is -0.372. The summed E-state index contributed by atoms with van der Waals surface area (Å²) in [6.07, 6.45) is 1.13. The van der Waals surface area contributed by atoms with Crippen LogP contribution in [0.5, 0.6) is 0 Å². The quantitative estimate of drug-likeness (QED) is 0.817. The largest absolute Gasteiger partial charge is 0.350 e. The van der Waals surface area contributed by atoms with Gasteiger partial charge in [-0.05, 0) is 46.2 Å². The Bertz CT molecular complexity index is 896. The lowest BCUT2D eigenvalue weighted by Crippen LogP contribution is -2.70. The third-order valence-electron chi connectivity index (χ3n) is 5.68. The molecule has 0 saturated carbocycles. The molecule has 1 aromatic carbocycles. The third kappa shape index (κ3) is 3.75. The van der Waals surface area contributed by atoms with E-state index in [-0.39, 0.29) is 23.3 Å². The monoisotopic (exact) mass is 407 g/mol. The molecule has 0 radical (unpaired) electrons. The number of rotatable bonds is 4. The Morgan fingerprint density at radius 2 is 2.07 bits per heavy atom. The number of nitrogens with zero attached hydrogens (tertiary/aromatic N) is 3. The molecule has 0 aliphatic carbocycles. The van der Waals surface area contributed by atoms with Crippen molar-refractivity contribution in [3.63, 3.8) is 0 Å². The predicted molar refractivity (Wildman–Crippen MR) is 108 cm³/mol. The zero-order valence-electron chi connectivity index (χ0n) is 16.7. The number of carbonyl (C=O) groups excluding carboxylic acids is 1. The molecule has 4 heterocycles. The van der Waals surface area contributed by atoms with Gasteiger partial charge in [0.1, 0.15) is 17.2 Å². The number of fused-ring (bicyclic) bond motifs is 3. The van der Waals surface area contributed by atoms with Gasteiger partial charge < -0.3 is 10.3 Å². The number of imidazole rings is 1. The Morgan fingerprint density at radius 3 is 2.71 bits per heavy atom. The lowest BCUT2D eigenvalue weighted by atomic mass is 9.86. The van der Waals surface area contributed by atoms with Crippen LogP contribution in [0, 0.1) is 5.82 Å². The molecule has 2 aromatic rings. The van der Waals surface area contributed by atoms with Gasteiger partial charge in [-0.3, -0.25) is 14.6 Å². The number of carbonyl (C=O) groups is 1. The first-order valence-electron chi connectivity index (χ1n) is 9.76. The maximum atomic E-state index is 13.6. The summed E-state index contributed by atoms with van der Waals surface area (Å²) < 4.78 is 13.6. The van der Waals surface area contributed by atoms with E-state index in [1.165, 1.54) is 12.1 Å². The van der Waals surface area contributed by atoms with Gasteiger partial charge in [0, 0.05) is 30.7 Å². The second-order valence-electron chi connectivity index (χ2n) is 9.05. The normalized spacial score (nSPS) is 24.2. The van der Waals surface area contributed by atoms with E-state index in [0.717, 1.165) is 25.3 Å². The van der Waals surface area contributed by atoms with Crippen LogP contribution in [-0.4, -0.2) is 62.9 Å². The summed E-state index contributed by atoms with van der Waals surface area (Å²) in [5.74, 6) is 0.502. The van der Waals surface area contributed by atoms with Crippen LogP contribution in [0.25, 0.3) is 11.0 Å². The highest BCUT2D eigenvalue weighted by atomic mass is 35.5. The average molecular weight is 408 g/mol. The van der Waals surface area contributed by atoms with Gasteiger partial charge in [-0.2, -0.15) is 0 Å². The topological polar surface area (TPSA) is 64.3 Å². The zero-order valence-corrected chi connectivity index (χ0v) is 17.5. The Labute approximate surface area is 169 Å². The van der Waals surface area contributed by atoms with Crippen LogP contribution >= 0.6 is 11.6 Å². The summed E-state index contributed by atoms with van der Waals surface area (Å²) in [6, 6.07) is 3.56. The van der Waals surface area contributed by atoms with E-state index < -0.39 is 0 Å². The number of nitrogens with one attached hydrogen (secondary N) is 2. The maximum Gasteiger partial charge on any atom is 0.234 e. The SMILES string of the molecule is CC(c1nc2c(Cl)cc(F)cc2[nH]1)N1CC2CC(C1)N2CC(=O)NC(C)(C)C. The summed E-state index contributed by atoms with van der Waals surface area (Å²) in [5.41, 5.74) is 1.02. The van der Waals surface area contributed by atoms with Crippen molar-refractivity contribution in [1.29, 1.82) is 0 Å². The second-order valence-corrected chi connectivity index (χ2v) is 9.46. The molecule has 5 rings (SSSR count). The van der Waals surface area contributed by atoms with Crippen LogP contribution < -0.4 is 5.32 Å². The number of hydrogen-bond acceptors (Lipinski definition) is 4. The summed E-state index contributed by atoms with van der Waals surface area (Å²) in [6.45, 7) is 10.3. The number of benzene rings is 1. The van der Waals surface area contributed by atoms with Crippen LogP contribution in [-0.2, 0) is 4.79 Å². The molecule has 2 bridgehead atoms. The van der Waals surface area contributed by atoms with Crippen molar-refractivity contribution in [3.8, 4) is 0 Å². The standard InChI is InChI=1S/C20H27ClFN5O/c1-11(19-23-16-6-12(22)5-15(21)18(16)24-19)26-8-13-7-14(9-26)27(13)10-17(28)25-20(2,3)4/h5-6,11,13-14H,7-10H2,1-4H3,(H,23,24)(H,25,28). The molecule has 3 aliphatic heterocycles. The molecule has 1 amide bonds. The number of amides is 1. The molecular formula is C20H27ClFN5O. The van der Waals surface area contributed by atoms with Gasteiger partial charge in [0.15, 0.2) is 0 Å². The zero-order chi connectivity index (χ0) is 20.2. The number of piperidine rings is 1. The molecular weight excluding hydrogens is 381 g/mol. The van der Waals surface area contributed by atoms with E-state index in [4.69, 9.17) is 11.6 Å². The van der Waals surface area contributed by atoms with Crippen molar-refractivity contribution in [1.82, 2.24) is 25.1 Å². The molecule has 3 saturated heterocycles. The van der Waals surface area contributed by atoms with Crippen molar-refractivity contribution in [2.24, 2.45) is 0 Å². The van der Waals surface area contributed by atoms with Gasteiger partial charge in [-0.25, -0.2) is 9.37 Å². The van der Waals surface area contributed by atoms with E-state index in [9.17, 15) is 9.18 Å². The molecule has 0 spiro atoms. The summed E-state index contributed by atoms with van der Waals surface area (Å²) in [7, 11) is 0. The molecule has 3 fully saturated rings. The number of aromatic nitrogens is 2. The first-order chi connectivity index (χ1) is 13.1. The summed E-state index contributed by atoms with van der Waals surface area (Å²) in [5, 5.41) is 3.36. The van der Waals surface area contributed by atoms with Crippen molar-refractivity contribution in [2.45, 2.75) is 57.8 Å². The lowest BCUT2D eigenvalue weighted by molar-refractivity contribution is -0.133. The number of halogens is 2. The van der Waals surface area contributed by atoms with Gasteiger partial charge in [-0.1, -0.05) is 11.6 Å². The molecule has 3 aliphatic rings. The Morgan fingerprint density at radius 1 is 1.39 bits per heavy atom. The van der Waals surface area contributed by atoms with E-state index in [0.29, 0.717) is 34.7 Å². The third-order valence-corrected chi connectivity index (χ3v) is 5.97. The van der Waals surface area contributed by atoms with Crippen LogP contribution in [0.4, 0.5) is 4.39 Å². The van der Waals surface area contributed by atoms with Gasteiger partial charge in [0.25, 0.3) is 0 Å². The smallest absolute Gasteiger partial charge is 0.234 e. The van der Waals surface area contributed by atoms with Crippen molar-refractivity contribution in [2.75, 3.05) is 19.6 Å². The highest BCUT2D eigenvalue weighted by Crippen LogP contribution is 2.36. The fraction of sp³-hybridized carbons (Fsp3) is 0.600. The van der Waals surface area contributed by atoms with Crippen molar-refractivity contribution >= 4 is 28.5 Å². The fourth-order valence-electron chi connectivity index (χ4n) is 4.35. The fourth-order valence-corrected chi connectivity index (χ4v) is 4.60. The second kappa shape index (κ2) is 6.97. The highest BCUT2D eigenvalue weighted by molar-refractivity contribution is 6.34. The highest BCUT2D eigenvalue weighted by Gasteiger charge is 2.46. The first kappa shape index (κ1) is 19.6. The van der Waals surface area contributed by atoms with Gasteiger partial charge >= 0.3 is 0 Å².